The molecule has 0 amide bonds. The normalized spacial score (nSPS) is 11.4. The van der Waals surface area contributed by atoms with Gasteiger partial charge in [-0.25, -0.2) is 4.98 Å². The molecule has 0 atom stereocenters. The smallest absolute Gasteiger partial charge is 0.260 e. The lowest BCUT2D eigenvalue weighted by Crippen LogP contribution is -2.21. The summed E-state index contributed by atoms with van der Waals surface area (Å²) in [5, 5.41) is 4.71. The van der Waals surface area contributed by atoms with Gasteiger partial charge in [-0.3, -0.25) is 9.69 Å². The molecule has 4 rings (SSSR count). The largest absolute Gasteiger partial charge is 0.497 e. The summed E-state index contributed by atoms with van der Waals surface area (Å²) in [4.78, 5) is 24.3. The Morgan fingerprint density at radius 3 is 2.85 bits per heavy atom. The molecule has 7 heteroatoms. The van der Waals surface area contributed by atoms with Crippen molar-refractivity contribution in [1.29, 1.82) is 0 Å². The predicted molar refractivity (Wildman–Crippen MR) is 112 cm³/mol. The molecular weight excluding hydrogens is 378 g/mol. The second-order valence-electron chi connectivity index (χ2n) is 6.34. The molecule has 0 aliphatic rings. The number of H-pyrrole nitrogens is 1. The van der Waals surface area contributed by atoms with E-state index in [9.17, 15) is 4.79 Å². The van der Waals surface area contributed by atoms with E-state index in [0.29, 0.717) is 17.8 Å². The Morgan fingerprint density at radius 1 is 1.19 bits per heavy atom. The minimum absolute atomic E-state index is 0.0746. The lowest BCUT2D eigenvalue weighted by molar-refractivity contribution is 0.310. The third kappa shape index (κ3) is 3.80. The highest BCUT2D eigenvalue weighted by Crippen LogP contribution is 2.33. The Balaban J connectivity index is 1.56. The van der Waals surface area contributed by atoms with Crippen molar-refractivity contribution in [2.75, 3.05) is 14.2 Å². The van der Waals surface area contributed by atoms with Crippen molar-refractivity contribution in [3.63, 3.8) is 0 Å². The zero-order chi connectivity index (χ0) is 18.8. The van der Waals surface area contributed by atoms with Crippen LogP contribution in [0.5, 0.6) is 5.75 Å². The van der Waals surface area contributed by atoms with Gasteiger partial charge in [0.1, 0.15) is 16.4 Å². The zero-order valence-corrected chi connectivity index (χ0v) is 16.7. The Hall–Kier alpha value is -2.48. The minimum Gasteiger partial charge on any atom is -0.497 e. The molecule has 0 saturated carbocycles. The van der Waals surface area contributed by atoms with Gasteiger partial charge in [0.15, 0.2) is 0 Å². The first kappa shape index (κ1) is 17.9. The van der Waals surface area contributed by atoms with Gasteiger partial charge in [-0.1, -0.05) is 18.2 Å². The summed E-state index contributed by atoms with van der Waals surface area (Å²) >= 11 is 3.15. The second kappa shape index (κ2) is 7.64. The van der Waals surface area contributed by atoms with Crippen LogP contribution in [0.4, 0.5) is 0 Å². The number of aromatic amines is 1. The predicted octanol–water partition coefficient (Wildman–Crippen LogP) is 4.35. The maximum Gasteiger partial charge on any atom is 0.260 e. The van der Waals surface area contributed by atoms with Crippen LogP contribution in [0, 0.1) is 0 Å². The fraction of sp³-hybridized carbons (Fsp3) is 0.200. The standard InChI is InChI=1S/C20H19N3O2S2/c1-23(10-13-5-3-6-14(9-13)25-2)11-17-21-19(24)18-15(12-27-20(18)22-17)16-7-4-8-26-16/h3-9,12H,10-11H2,1-2H3,(H,21,22,24). The second-order valence-corrected chi connectivity index (χ2v) is 8.15. The number of nitrogens with one attached hydrogen (secondary N) is 1. The third-order valence-corrected chi connectivity index (χ3v) is 6.06. The van der Waals surface area contributed by atoms with Gasteiger partial charge in [-0.05, 0) is 36.2 Å². The van der Waals surface area contributed by atoms with Gasteiger partial charge >= 0.3 is 0 Å². The average Bonchev–Trinajstić information content (AvgIpc) is 3.31. The molecule has 1 N–H and O–H groups in total. The molecule has 0 radical (unpaired) electrons. The third-order valence-electron chi connectivity index (χ3n) is 4.29. The first-order valence-corrected chi connectivity index (χ1v) is 10.3. The van der Waals surface area contributed by atoms with Gasteiger partial charge in [0.2, 0.25) is 0 Å². The molecule has 0 aliphatic carbocycles. The van der Waals surface area contributed by atoms with Gasteiger partial charge in [0.05, 0.1) is 19.0 Å². The van der Waals surface area contributed by atoms with Crippen molar-refractivity contribution in [3.8, 4) is 16.2 Å². The fourth-order valence-corrected chi connectivity index (χ4v) is 4.86. The SMILES string of the molecule is COc1cccc(CN(C)Cc2nc3scc(-c4cccs4)c3c(=O)[nH]2)c1. The Morgan fingerprint density at radius 2 is 2.07 bits per heavy atom. The molecule has 0 aliphatic heterocycles. The molecule has 0 fully saturated rings. The van der Waals surface area contributed by atoms with Gasteiger partial charge in [0, 0.05) is 22.4 Å². The van der Waals surface area contributed by atoms with E-state index in [0.717, 1.165) is 33.1 Å². The zero-order valence-electron chi connectivity index (χ0n) is 15.1. The minimum atomic E-state index is -0.0746. The van der Waals surface area contributed by atoms with Gasteiger partial charge < -0.3 is 9.72 Å². The number of nitrogens with zero attached hydrogens (tertiary/aromatic N) is 2. The van der Waals surface area contributed by atoms with Crippen molar-refractivity contribution in [3.05, 3.63) is 68.9 Å². The van der Waals surface area contributed by atoms with Crippen LogP contribution in [0.1, 0.15) is 11.4 Å². The van der Waals surface area contributed by atoms with E-state index in [1.165, 1.54) is 11.3 Å². The van der Waals surface area contributed by atoms with Crippen LogP contribution < -0.4 is 10.3 Å². The number of methoxy groups -OCH3 is 1. The van der Waals surface area contributed by atoms with E-state index in [1.807, 2.05) is 48.1 Å². The molecule has 0 saturated heterocycles. The van der Waals surface area contributed by atoms with Crippen LogP contribution >= 0.6 is 22.7 Å². The summed E-state index contributed by atoms with van der Waals surface area (Å²) in [5.74, 6) is 1.52. The molecule has 3 aromatic heterocycles. The summed E-state index contributed by atoms with van der Waals surface area (Å²) in [7, 11) is 3.67. The molecule has 1 aromatic carbocycles. The van der Waals surface area contributed by atoms with Crippen LogP contribution in [0.3, 0.4) is 0 Å². The highest BCUT2D eigenvalue weighted by atomic mass is 32.1. The number of rotatable bonds is 6. The van der Waals surface area contributed by atoms with Crippen LogP contribution in [-0.4, -0.2) is 29.0 Å². The molecule has 3 heterocycles. The van der Waals surface area contributed by atoms with Crippen molar-refractivity contribution in [1.82, 2.24) is 14.9 Å². The number of hydrogen-bond acceptors (Lipinski definition) is 6. The van der Waals surface area contributed by atoms with E-state index in [2.05, 4.69) is 20.9 Å². The molecule has 27 heavy (non-hydrogen) atoms. The summed E-state index contributed by atoms with van der Waals surface area (Å²) in [6.45, 7) is 1.30. The van der Waals surface area contributed by atoms with E-state index < -0.39 is 0 Å². The number of ether oxygens (including phenoxy) is 1. The quantitative estimate of drug-likeness (QED) is 0.525. The van der Waals surface area contributed by atoms with E-state index in [-0.39, 0.29) is 5.56 Å². The first-order valence-electron chi connectivity index (χ1n) is 8.50. The summed E-state index contributed by atoms with van der Waals surface area (Å²) in [6.07, 6.45) is 0. The number of fused-ring (bicyclic) bond motifs is 1. The molecule has 0 unspecified atom stereocenters. The summed E-state index contributed by atoms with van der Waals surface area (Å²) in [6, 6.07) is 12.0. The fourth-order valence-electron chi connectivity index (χ4n) is 3.08. The summed E-state index contributed by atoms with van der Waals surface area (Å²) in [5.41, 5.74) is 2.04. The number of hydrogen-bond donors (Lipinski definition) is 1. The highest BCUT2D eigenvalue weighted by Gasteiger charge is 2.14. The molecule has 5 nitrogen and oxygen atoms in total. The molecular formula is C20H19N3O2S2. The maximum atomic E-state index is 12.7. The Labute approximate surface area is 164 Å². The number of aromatic nitrogens is 2. The lowest BCUT2D eigenvalue weighted by Gasteiger charge is -2.16. The van der Waals surface area contributed by atoms with E-state index in [4.69, 9.17) is 4.74 Å². The highest BCUT2D eigenvalue weighted by molar-refractivity contribution is 7.18. The molecule has 0 spiro atoms. The van der Waals surface area contributed by atoms with Crippen LogP contribution in [0.25, 0.3) is 20.7 Å². The van der Waals surface area contributed by atoms with Crippen molar-refractivity contribution in [2.45, 2.75) is 13.1 Å². The van der Waals surface area contributed by atoms with Crippen molar-refractivity contribution in [2.24, 2.45) is 0 Å². The van der Waals surface area contributed by atoms with E-state index >= 15 is 0 Å². The molecule has 4 aromatic rings. The monoisotopic (exact) mass is 397 g/mol. The topological polar surface area (TPSA) is 58.2 Å². The maximum absolute atomic E-state index is 12.7. The Kier molecular flexibility index (Phi) is 5.07. The molecule has 0 bridgehead atoms. The number of benzene rings is 1. The van der Waals surface area contributed by atoms with Gasteiger partial charge in [-0.2, -0.15) is 0 Å². The van der Waals surface area contributed by atoms with E-state index in [1.54, 1.807) is 18.4 Å². The van der Waals surface area contributed by atoms with Crippen molar-refractivity contribution >= 4 is 32.9 Å². The van der Waals surface area contributed by atoms with Crippen LogP contribution in [-0.2, 0) is 13.1 Å². The lowest BCUT2D eigenvalue weighted by atomic mass is 10.2. The summed E-state index contributed by atoms with van der Waals surface area (Å²) < 4.78 is 5.28. The molecule has 138 valence electrons. The number of thiophene rings is 2. The van der Waals surface area contributed by atoms with Gasteiger partial charge in [-0.15, -0.1) is 22.7 Å². The average molecular weight is 398 g/mol. The van der Waals surface area contributed by atoms with Crippen LogP contribution in [0.2, 0.25) is 0 Å². The van der Waals surface area contributed by atoms with Crippen molar-refractivity contribution < 1.29 is 4.74 Å². The Bertz CT molecular complexity index is 1120. The van der Waals surface area contributed by atoms with Crippen LogP contribution in [0.15, 0.2) is 52.0 Å². The first-order chi connectivity index (χ1) is 13.1. The van der Waals surface area contributed by atoms with Gasteiger partial charge in [0.25, 0.3) is 5.56 Å².